The lowest BCUT2D eigenvalue weighted by molar-refractivity contribution is 0.414. The Morgan fingerprint density at radius 3 is 2.50 bits per heavy atom. The Labute approximate surface area is 85.3 Å². The average Bonchev–Trinajstić information content (AvgIpc) is 2.26. The smallest absolute Gasteiger partial charge is 0.118 e. The molecule has 0 aromatic heterocycles. The lowest BCUT2D eigenvalue weighted by atomic mass is 10.2. The second-order valence-electron chi connectivity index (χ2n) is 3.37. The normalized spacial score (nSPS) is 12.5. The van der Waals surface area contributed by atoms with E-state index in [9.17, 15) is 0 Å². The van der Waals surface area contributed by atoms with Crippen LogP contribution in [0, 0.1) is 0 Å². The minimum atomic E-state index is 0.358. The van der Waals surface area contributed by atoms with E-state index < -0.39 is 0 Å². The first kappa shape index (κ1) is 11.0. The molecule has 1 aromatic carbocycles. The van der Waals surface area contributed by atoms with Gasteiger partial charge in [-0.3, -0.25) is 0 Å². The number of rotatable bonds is 5. The van der Waals surface area contributed by atoms with Crippen molar-refractivity contribution in [1.29, 1.82) is 0 Å². The highest BCUT2D eigenvalue weighted by Gasteiger charge is 1.98. The summed E-state index contributed by atoms with van der Waals surface area (Å²) in [5.74, 6) is 0.889. The van der Waals surface area contributed by atoms with Gasteiger partial charge >= 0.3 is 0 Å². The summed E-state index contributed by atoms with van der Waals surface area (Å²) in [6.07, 6.45) is 0. The molecule has 1 unspecified atom stereocenters. The van der Waals surface area contributed by atoms with Crippen LogP contribution in [-0.2, 0) is 6.54 Å². The summed E-state index contributed by atoms with van der Waals surface area (Å²) in [5, 5.41) is 3.32. The van der Waals surface area contributed by atoms with Crippen LogP contribution in [0.4, 0.5) is 0 Å². The third kappa shape index (κ3) is 3.36. The van der Waals surface area contributed by atoms with Gasteiger partial charge in [-0.1, -0.05) is 12.1 Å². The van der Waals surface area contributed by atoms with Crippen molar-refractivity contribution in [1.82, 2.24) is 5.32 Å². The number of nitrogens with two attached hydrogens (primary N) is 1. The molecular weight excluding hydrogens is 176 g/mol. The van der Waals surface area contributed by atoms with E-state index in [1.54, 1.807) is 7.11 Å². The van der Waals surface area contributed by atoms with Crippen LogP contribution in [0.2, 0.25) is 0 Å². The Kier molecular flexibility index (Phi) is 4.43. The first-order chi connectivity index (χ1) is 6.76. The number of hydrogen-bond donors (Lipinski definition) is 2. The van der Waals surface area contributed by atoms with Gasteiger partial charge in [-0.05, 0) is 24.6 Å². The molecule has 0 bridgehead atoms. The second-order valence-corrected chi connectivity index (χ2v) is 3.37. The Morgan fingerprint density at radius 2 is 2.00 bits per heavy atom. The molecule has 0 fully saturated rings. The molecule has 3 N–H and O–H groups in total. The van der Waals surface area contributed by atoms with Crippen LogP contribution in [-0.4, -0.2) is 19.7 Å². The largest absolute Gasteiger partial charge is 0.497 e. The molecule has 0 saturated heterocycles. The lowest BCUT2D eigenvalue weighted by Crippen LogP contribution is -2.32. The van der Waals surface area contributed by atoms with Crippen molar-refractivity contribution in [3.8, 4) is 5.75 Å². The van der Waals surface area contributed by atoms with Crippen LogP contribution in [0.5, 0.6) is 5.75 Å². The maximum atomic E-state index is 5.50. The Morgan fingerprint density at radius 1 is 1.36 bits per heavy atom. The van der Waals surface area contributed by atoms with Gasteiger partial charge in [0.15, 0.2) is 0 Å². The summed E-state index contributed by atoms with van der Waals surface area (Å²) >= 11 is 0. The Balaban J connectivity index is 2.43. The number of nitrogens with one attached hydrogen (secondary N) is 1. The van der Waals surface area contributed by atoms with E-state index in [0.717, 1.165) is 12.3 Å². The van der Waals surface area contributed by atoms with Gasteiger partial charge in [0.1, 0.15) is 5.75 Å². The molecule has 1 atom stereocenters. The summed E-state index contributed by atoms with van der Waals surface area (Å²) < 4.78 is 5.08. The first-order valence-electron chi connectivity index (χ1n) is 4.82. The summed E-state index contributed by atoms with van der Waals surface area (Å²) in [4.78, 5) is 0. The van der Waals surface area contributed by atoms with E-state index in [0.29, 0.717) is 12.6 Å². The van der Waals surface area contributed by atoms with Gasteiger partial charge in [0.25, 0.3) is 0 Å². The monoisotopic (exact) mass is 194 g/mol. The molecule has 78 valence electrons. The number of benzene rings is 1. The van der Waals surface area contributed by atoms with Gasteiger partial charge in [-0.25, -0.2) is 0 Å². The topological polar surface area (TPSA) is 47.3 Å². The zero-order valence-electron chi connectivity index (χ0n) is 8.79. The third-order valence-corrected chi connectivity index (χ3v) is 2.17. The fourth-order valence-corrected chi connectivity index (χ4v) is 1.12. The van der Waals surface area contributed by atoms with Gasteiger partial charge in [0.2, 0.25) is 0 Å². The molecule has 3 heteroatoms. The van der Waals surface area contributed by atoms with Gasteiger partial charge in [0.05, 0.1) is 7.11 Å². The summed E-state index contributed by atoms with van der Waals surface area (Å²) in [7, 11) is 1.67. The molecule has 1 rings (SSSR count). The van der Waals surface area contributed by atoms with Crippen LogP contribution in [0.1, 0.15) is 12.5 Å². The van der Waals surface area contributed by atoms with Crippen molar-refractivity contribution in [3.63, 3.8) is 0 Å². The predicted molar refractivity (Wildman–Crippen MR) is 58.4 cm³/mol. The molecular formula is C11H18N2O. The van der Waals surface area contributed by atoms with Crippen molar-refractivity contribution in [2.45, 2.75) is 19.5 Å². The molecule has 0 aliphatic carbocycles. The molecule has 0 saturated carbocycles. The van der Waals surface area contributed by atoms with E-state index in [1.807, 2.05) is 12.1 Å². The van der Waals surface area contributed by atoms with Crippen LogP contribution >= 0.6 is 0 Å². The zero-order valence-corrected chi connectivity index (χ0v) is 8.79. The SMILES string of the molecule is COc1ccc(CNC(C)CN)cc1. The number of methoxy groups -OCH3 is 1. The number of hydrogen-bond acceptors (Lipinski definition) is 3. The summed E-state index contributed by atoms with van der Waals surface area (Å²) in [5.41, 5.74) is 6.74. The molecule has 14 heavy (non-hydrogen) atoms. The summed E-state index contributed by atoms with van der Waals surface area (Å²) in [6, 6.07) is 8.38. The van der Waals surface area contributed by atoms with Gasteiger partial charge in [-0.2, -0.15) is 0 Å². The molecule has 0 heterocycles. The standard InChI is InChI=1S/C11H18N2O/c1-9(7-12)13-8-10-3-5-11(14-2)6-4-10/h3-6,9,13H,7-8,12H2,1-2H3. The van der Waals surface area contributed by atoms with Crippen molar-refractivity contribution >= 4 is 0 Å². The highest BCUT2D eigenvalue weighted by atomic mass is 16.5. The average molecular weight is 194 g/mol. The maximum Gasteiger partial charge on any atom is 0.118 e. The summed E-state index contributed by atoms with van der Waals surface area (Å²) in [6.45, 7) is 3.59. The van der Waals surface area contributed by atoms with E-state index in [-0.39, 0.29) is 0 Å². The minimum absolute atomic E-state index is 0.358. The van der Waals surface area contributed by atoms with Crippen molar-refractivity contribution in [2.24, 2.45) is 5.73 Å². The molecule has 0 amide bonds. The second kappa shape index (κ2) is 5.62. The van der Waals surface area contributed by atoms with Gasteiger partial charge < -0.3 is 15.8 Å². The first-order valence-corrected chi connectivity index (χ1v) is 4.82. The molecule has 0 spiro atoms. The van der Waals surface area contributed by atoms with Gasteiger partial charge in [0, 0.05) is 19.1 Å². The van der Waals surface area contributed by atoms with Crippen molar-refractivity contribution in [3.05, 3.63) is 29.8 Å². The van der Waals surface area contributed by atoms with Crippen LogP contribution in [0.15, 0.2) is 24.3 Å². The van der Waals surface area contributed by atoms with E-state index in [1.165, 1.54) is 5.56 Å². The van der Waals surface area contributed by atoms with Crippen LogP contribution in [0.3, 0.4) is 0 Å². The zero-order chi connectivity index (χ0) is 10.4. The van der Waals surface area contributed by atoms with Gasteiger partial charge in [-0.15, -0.1) is 0 Å². The van der Waals surface area contributed by atoms with E-state index in [4.69, 9.17) is 10.5 Å². The minimum Gasteiger partial charge on any atom is -0.497 e. The maximum absolute atomic E-state index is 5.50. The predicted octanol–water partition coefficient (Wildman–Crippen LogP) is 1.13. The van der Waals surface area contributed by atoms with Crippen LogP contribution < -0.4 is 15.8 Å². The lowest BCUT2D eigenvalue weighted by Gasteiger charge is -2.11. The highest BCUT2D eigenvalue weighted by Crippen LogP contribution is 2.10. The fraction of sp³-hybridized carbons (Fsp3) is 0.455. The molecule has 0 radical (unpaired) electrons. The Hall–Kier alpha value is -1.06. The molecule has 1 aromatic rings. The fourth-order valence-electron chi connectivity index (χ4n) is 1.12. The Bertz CT molecular complexity index is 258. The molecule has 0 aliphatic heterocycles. The highest BCUT2D eigenvalue weighted by molar-refractivity contribution is 5.26. The third-order valence-electron chi connectivity index (χ3n) is 2.17. The molecule has 0 aliphatic rings. The van der Waals surface area contributed by atoms with Crippen molar-refractivity contribution < 1.29 is 4.74 Å². The molecule has 3 nitrogen and oxygen atoms in total. The van der Waals surface area contributed by atoms with E-state index in [2.05, 4.69) is 24.4 Å². The van der Waals surface area contributed by atoms with E-state index >= 15 is 0 Å². The van der Waals surface area contributed by atoms with Crippen molar-refractivity contribution in [2.75, 3.05) is 13.7 Å². The van der Waals surface area contributed by atoms with Crippen LogP contribution in [0.25, 0.3) is 0 Å². The number of ether oxygens (including phenoxy) is 1. The quantitative estimate of drug-likeness (QED) is 0.738.